The lowest BCUT2D eigenvalue weighted by Crippen LogP contribution is -2.20. The van der Waals surface area contributed by atoms with Crippen LogP contribution >= 0.6 is 0 Å². The summed E-state index contributed by atoms with van der Waals surface area (Å²) in [5, 5.41) is 12.7. The second kappa shape index (κ2) is 4.61. The van der Waals surface area contributed by atoms with Gasteiger partial charge in [0.05, 0.1) is 0 Å². The van der Waals surface area contributed by atoms with E-state index >= 15 is 0 Å². The molecule has 0 amide bonds. The van der Waals surface area contributed by atoms with Crippen LogP contribution < -0.4 is 0 Å². The Bertz CT molecular complexity index is 258. The zero-order valence-electron chi connectivity index (χ0n) is 7.38. The first-order valence-corrected chi connectivity index (χ1v) is 3.96. The highest BCUT2D eigenvalue weighted by atomic mass is 16.5. The summed E-state index contributed by atoms with van der Waals surface area (Å²) in [4.78, 5) is 10.8. The molecule has 0 saturated carbocycles. The normalized spacial score (nSPS) is 12.7. The molecule has 1 heterocycles. The first kappa shape index (κ1) is 9.73. The maximum atomic E-state index is 10.8. The van der Waals surface area contributed by atoms with E-state index in [4.69, 9.17) is 9.84 Å². The molecule has 0 spiro atoms. The third kappa shape index (κ3) is 2.55. The molecule has 5 heteroatoms. The molecule has 13 heavy (non-hydrogen) atoms. The molecule has 1 unspecified atom stereocenters. The summed E-state index contributed by atoms with van der Waals surface area (Å²) >= 11 is 0. The van der Waals surface area contributed by atoms with Crippen LogP contribution in [0, 0.1) is 0 Å². The van der Waals surface area contributed by atoms with Crippen molar-refractivity contribution in [1.82, 2.24) is 9.78 Å². The minimum absolute atomic E-state index is 0.414. The number of methoxy groups -OCH3 is 1. The minimum atomic E-state index is -0.888. The van der Waals surface area contributed by atoms with Crippen molar-refractivity contribution in [2.24, 2.45) is 0 Å². The summed E-state index contributed by atoms with van der Waals surface area (Å²) in [5.74, 6) is -0.888. The average molecular weight is 184 g/mol. The van der Waals surface area contributed by atoms with Crippen LogP contribution in [0.3, 0.4) is 0 Å². The summed E-state index contributed by atoms with van der Waals surface area (Å²) in [7, 11) is 1.54. The van der Waals surface area contributed by atoms with Crippen LogP contribution in [0.25, 0.3) is 0 Å². The average Bonchev–Trinajstić information content (AvgIpc) is 2.57. The molecule has 1 aromatic heterocycles. The molecule has 0 aliphatic rings. The second-order valence-corrected chi connectivity index (χ2v) is 2.62. The Kier molecular flexibility index (Phi) is 3.45. The van der Waals surface area contributed by atoms with Crippen molar-refractivity contribution in [1.29, 1.82) is 0 Å². The number of hydrogen-bond donors (Lipinski definition) is 1. The summed E-state index contributed by atoms with van der Waals surface area (Å²) in [6, 6.07) is 1.07. The lowest BCUT2D eigenvalue weighted by atomic mass is 10.2. The predicted molar refractivity (Wildman–Crippen MR) is 45.4 cm³/mol. The van der Waals surface area contributed by atoms with Gasteiger partial charge in [0.15, 0.2) is 6.04 Å². The Labute approximate surface area is 75.9 Å². The van der Waals surface area contributed by atoms with E-state index < -0.39 is 12.0 Å². The molecule has 5 nitrogen and oxygen atoms in total. The van der Waals surface area contributed by atoms with E-state index in [9.17, 15) is 4.79 Å². The van der Waals surface area contributed by atoms with Crippen LogP contribution in [0.5, 0.6) is 0 Å². The minimum Gasteiger partial charge on any atom is -0.480 e. The quantitative estimate of drug-likeness (QED) is 0.725. The fourth-order valence-electron chi connectivity index (χ4n) is 1.06. The number of ether oxygens (including phenoxy) is 1. The van der Waals surface area contributed by atoms with Gasteiger partial charge in [-0.2, -0.15) is 5.10 Å². The van der Waals surface area contributed by atoms with Crippen LogP contribution in [-0.4, -0.2) is 34.6 Å². The molecule has 1 atom stereocenters. The number of hydrogen-bond acceptors (Lipinski definition) is 3. The Balaban J connectivity index is 2.63. The van der Waals surface area contributed by atoms with E-state index in [1.54, 1.807) is 25.6 Å². The zero-order chi connectivity index (χ0) is 9.68. The lowest BCUT2D eigenvalue weighted by Gasteiger charge is -2.11. The highest BCUT2D eigenvalue weighted by molar-refractivity contribution is 5.71. The summed E-state index contributed by atoms with van der Waals surface area (Å²) < 4.78 is 6.23. The standard InChI is InChI=1S/C8H12N2O3/c1-13-6-3-7(8(11)12)10-5-2-4-9-10/h2,4-5,7H,3,6H2,1H3,(H,11,12). The van der Waals surface area contributed by atoms with Gasteiger partial charge in [-0.15, -0.1) is 0 Å². The van der Waals surface area contributed by atoms with Crippen molar-refractivity contribution in [3.05, 3.63) is 18.5 Å². The van der Waals surface area contributed by atoms with E-state index in [1.165, 1.54) is 4.68 Å². The van der Waals surface area contributed by atoms with Gasteiger partial charge in [0.25, 0.3) is 0 Å². The van der Waals surface area contributed by atoms with Crippen LogP contribution in [0.2, 0.25) is 0 Å². The van der Waals surface area contributed by atoms with Gasteiger partial charge >= 0.3 is 5.97 Å². The number of aliphatic carboxylic acids is 1. The Morgan fingerprint density at radius 1 is 1.77 bits per heavy atom. The Morgan fingerprint density at radius 2 is 2.54 bits per heavy atom. The van der Waals surface area contributed by atoms with E-state index in [-0.39, 0.29) is 0 Å². The van der Waals surface area contributed by atoms with Gasteiger partial charge in [0.1, 0.15) is 0 Å². The number of carboxylic acids is 1. The third-order valence-electron chi connectivity index (χ3n) is 1.72. The fraction of sp³-hybridized carbons (Fsp3) is 0.500. The summed E-state index contributed by atoms with van der Waals surface area (Å²) in [6.07, 6.45) is 3.62. The second-order valence-electron chi connectivity index (χ2n) is 2.62. The molecular weight excluding hydrogens is 172 g/mol. The highest BCUT2D eigenvalue weighted by Crippen LogP contribution is 2.09. The summed E-state index contributed by atoms with van der Waals surface area (Å²) in [6.45, 7) is 0.414. The molecule has 1 aromatic rings. The van der Waals surface area contributed by atoms with Crippen LogP contribution in [0.15, 0.2) is 18.5 Å². The largest absolute Gasteiger partial charge is 0.480 e. The van der Waals surface area contributed by atoms with Gasteiger partial charge in [-0.3, -0.25) is 4.68 Å². The van der Waals surface area contributed by atoms with Crippen molar-refractivity contribution in [2.45, 2.75) is 12.5 Å². The molecule has 1 rings (SSSR count). The molecule has 0 fully saturated rings. The number of nitrogens with zero attached hydrogens (tertiary/aromatic N) is 2. The predicted octanol–water partition coefficient (Wildman–Crippen LogP) is 0.545. The van der Waals surface area contributed by atoms with Gasteiger partial charge < -0.3 is 9.84 Å². The molecule has 1 N–H and O–H groups in total. The van der Waals surface area contributed by atoms with E-state index in [1.807, 2.05) is 0 Å². The van der Waals surface area contributed by atoms with Crippen molar-refractivity contribution in [3.8, 4) is 0 Å². The molecule has 0 aliphatic carbocycles. The molecule has 0 aromatic carbocycles. The smallest absolute Gasteiger partial charge is 0.328 e. The number of carbonyl (C=O) groups is 1. The van der Waals surface area contributed by atoms with Gasteiger partial charge in [-0.1, -0.05) is 0 Å². The molecule has 0 radical (unpaired) electrons. The maximum absolute atomic E-state index is 10.8. The Morgan fingerprint density at radius 3 is 3.00 bits per heavy atom. The Hall–Kier alpha value is -1.36. The van der Waals surface area contributed by atoms with Crippen LogP contribution in [0.4, 0.5) is 0 Å². The molecular formula is C8H12N2O3. The van der Waals surface area contributed by atoms with E-state index in [0.29, 0.717) is 13.0 Å². The number of carboxylic acid groups (broad SMARTS) is 1. The number of aromatic nitrogens is 2. The number of rotatable bonds is 5. The van der Waals surface area contributed by atoms with Gasteiger partial charge in [-0.05, 0) is 6.07 Å². The first-order chi connectivity index (χ1) is 6.25. The van der Waals surface area contributed by atoms with E-state index in [0.717, 1.165) is 0 Å². The third-order valence-corrected chi connectivity index (χ3v) is 1.72. The van der Waals surface area contributed by atoms with Gasteiger partial charge in [-0.25, -0.2) is 4.79 Å². The van der Waals surface area contributed by atoms with Gasteiger partial charge in [0, 0.05) is 32.5 Å². The van der Waals surface area contributed by atoms with Crippen molar-refractivity contribution < 1.29 is 14.6 Å². The maximum Gasteiger partial charge on any atom is 0.328 e. The highest BCUT2D eigenvalue weighted by Gasteiger charge is 2.18. The molecule has 0 bridgehead atoms. The first-order valence-electron chi connectivity index (χ1n) is 3.96. The molecule has 0 aliphatic heterocycles. The SMILES string of the molecule is COCCC(C(=O)O)n1cccn1. The monoisotopic (exact) mass is 184 g/mol. The van der Waals surface area contributed by atoms with Crippen molar-refractivity contribution in [2.75, 3.05) is 13.7 Å². The molecule has 72 valence electrons. The van der Waals surface area contributed by atoms with Crippen LogP contribution in [-0.2, 0) is 9.53 Å². The van der Waals surface area contributed by atoms with Crippen molar-refractivity contribution >= 4 is 5.97 Å². The van der Waals surface area contributed by atoms with Gasteiger partial charge in [0.2, 0.25) is 0 Å². The fourth-order valence-corrected chi connectivity index (χ4v) is 1.06. The van der Waals surface area contributed by atoms with Crippen molar-refractivity contribution in [3.63, 3.8) is 0 Å². The topological polar surface area (TPSA) is 64.3 Å². The van der Waals surface area contributed by atoms with E-state index in [2.05, 4.69) is 5.10 Å². The summed E-state index contributed by atoms with van der Waals surface area (Å²) in [5.41, 5.74) is 0. The van der Waals surface area contributed by atoms with Crippen LogP contribution in [0.1, 0.15) is 12.5 Å². The zero-order valence-corrected chi connectivity index (χ0v) is 7.38. The lowest BCUT2D eigenvalue weighted by molar-refractivity contribution is -0.141. The molecule has 0 saturated heterocycles.